The molecule has 1 aliphatic heterocycles. The fourth-order valence-corrected chi connectivity index (χ4v) is 1.69. The monoisotopic (exact) mass is 303 g/mol. The van der Waals surface area contributed by atoms with Gasteiger partial charge in [-0.1, -0.05) is 11.6 Å². The number of hydrazone groups is 1. The number of allylic oxidation sites excluding steroid dienone is 1. The third-order valence-corrected chi connectivity index (χ3v) is 2.72. The van der Waals surface area contributed by atoms with E-state index in [9.17, 15) is 18.0 Å². The predicted octanol–water partition coefficient (Wildman–Crippen LogP) is 3.28. The van der Waals surface area contributed by atoms with Crippen molar-refractivity contribution in [2.45, 2.75) is 6.18 Å². The lowest BCUT2D eigenvalue weighted by atomic mass is 10.2. The van der Waals surface area contributed by atoms with Crippen molar-refractivity contribution in [1.82, 2.24) is 9.91 Å². The molecule has 20 heavy (non-hydrogen) atoms. The van der Waals surface area contributed by atoms with Gasteiger partial charge in [0, 0.05) is 28.0 Å². The largest absolute Gasteiger partial charge is 0.507 e. The van der Waals surface area contributed by atoms with E-state index in [0.717, 1.165) is 9.91 Å². The summed E-state index contributed by atoms with van der Waals surface area (Å²) < 4.78 is 36.7. The van der Waals surface area contributed by atoms with Gasteiger partial charge in [0.05, 0.1) is 5.01 Å². The molecule has 105 valence electrons. The number of carbonyl (C=O) groups excluding carboxylic acids is 1. The molecule has 1 aliphatic rings. The third-order valence-electron chi connectivity index (χ3n) is 2.47. The average molecular weight is 304 g/mol. The highest BCUT2D eigenvalue weighted by molar-refractivity contribution is 6.30. The van der Waals surface area contributed by atoms with Crippen molar-refractivity contribution in [3.05, 3.63) is 47.1 Å². The maximum absolute atomic E-state index is 12.2. The van der Waals surface area contributed by atoms with Gasteiger partial charge in [-0.05, 0) is 24.3 Å². The third kappa shape index (κ3) is 3.17. The summed E-state index contributed by atoms with van der Waals surface area (Å²) >= 11 is 5.74. The first-order valence-corrected chi connectivity index (χ1v) is 5.83. The number of benzene rings is 1. The average Bonchev–Trinajstić information content (AvgIpc) is 2.63. The van der Waals surface area contributed by atoms with Gasteiger partial charge in [0.15, 0.2) is 7.05 Å². The Balaban J connectivity index is 2.34. The van der Waals surface area contributed by atoms with Crippen LogP contribution in [0.15, 0.2) is 41.6 Å². The van der Waals surface area contributed by atoms with Crippen molar-refractivity contribution in [2.75, 3.05) is 7.05 Å². The Morgan fingerprint density at radius 2 is 1.90 bits per heavy atom. The maximum atomic E-state index is 12.2. The fraction of sp³-hybridized carbons (Fsp3) is 0.167. The van der Waals surface area contributed by atoms with Crippen LogP contribution in [0.4, 0.5) is 18.0 Å². The summed E-state index contributed by atoms with van der Waals surface area (Å²) in [6.45, 7) is 0. The van der Waals surface area contributed by atoms with E-state index in [2.05, 4.69) is 5.10 Å². The van der Waals surface area contributed by atoms with Crippen molar-refractivity contribution in [3.8, 4) is 0 Å². The molecule has 0 N–H and O–H groups in total. The number of amidine groups is 1. The number of nitrogens with zero attached hydrogens (tertiary/aromatic N) is 3. The van der Waals surface area contributed by atoms with Crippen LogP contribution in [0.3, 0.4) is 0 Å². The van der Waals surface area contributed by atoms with Gasteiger partial charge in [-0.15, -0.1) is 0 Å². The van der Waals surface area contributed by atoms with Crippen molar-refractivity contribution in [2.24, 2.45) is 5.10 Å². The van der Waals surface area contributed by atoms with Crippen LogP contribution in [0.5, 0.6) is 0 Å². The summed E-state index contributed by atoms with van der Waals surface area (Å²) in [4.78, 5) is 12.6. The number of alkyl halides is 3. The van der Waals surface area contributed by atoms with Gasteiger partial charge in [-0.25, -0.2) is 4.90 Å². The molecule has 2 rings (SSSR count). The van der Waals surface area contributed by atoms with Crippen LogP contribution in [0.2, 0.25) is 5.02 Å². The standard InChI is InChI=1S/C12H9ClF3N3O/c1-18-11(20)19(7-6-12(14,15)16)10(17-18)8-2-4-9(13)5-3-8/h2-7H,1H3/q+1/b7-6+. The molecular weight excluding hydrogens is 295 g/mol. The van der Waals surface area contributed by atoms with Crippen molar-refractivity contribution in [1.29, 1.82) is 0 Å². The molecule has 8 heteroatoms. The first-order chi connectivity index (χ1) is 9.28. The van der Waals surface area contributed by atoms with Crippen LogP contribution >= 0.6 is 11.6 Å². The molecule has 0 aliphatic carbocycles. The second kappa shape index (κ2) is 5.26. The minimum atomic E-state index is -4.51. The van der Waals surface area contributed by atoms with Crippen molar-refractivity contribution >= 4 is 23.5 Å². The van der Waals surface area contributed by atoms with E-state index in [0.29, 0.717) is 16.8 Å². The number of amides is 2. The highest BCUT2D eigenvalue weighted by Gasteiger charge is 2.41. The predicted molar refractivity (Wildman–Crippen MR) is 68.5 cm³/mol. The Kier molecular flexibility index (Phi) is 3.82. The van der Waals surface area contributed by atoms with Gasteiger partial charge in [0.1, 0.15) is 0 Å². The Bertz CT molecular complexity index is 581. The molecule has 0 atom stereocenters. The Morgan fingerprint density at radius 1 is 1.30 bits per heavy atom. The number of rotatable bonds is 2. The van der Waals surface area contributed by atoms with Crippen LogP contribution < -0.4 is 5.01 Å². The molecule has 0 bridgehead atoms. The molecule has 0 unspecified atom stereocenters. The Morgan fingerprint density at radius 3 is 2.45 bits per heavy atom. The zero-order valence-electron chi connectivity index (χ0n) is 10.2. The number of hydrogen-bond donors (Lipinski definition) is 0. The van der Waals surface area contributed by atoms with E-state index < -0.39 is 12.2 Å². The van der Waals surface area contributed by atoms with Crippen LogP contribution in [-0.4, -0.2) is 30.0 Å². The van der Waals surface area contributed by atoms with Crippen molar-refractivity contribution < 1.29 is 18.0 Å². The molecular formula is C12H9ClF3N3O+. The summed E-state index contributed by atoms with van der Waals surface area (Å²) in [7, 11) is 1.36. The second-order valence-corrected chi connectivity index (χ2v) is 4.40. The van der Waals surface area contributed by atoms with E-state index in [1.807, 2.05) is 0 Å². The van der Waals surface area contributed by atoms with Gasteiger partial charge in [-0.3, -0.25) is 0 Å². The molecule has 2 amide bonds. The molecule has 4 nitrogen and oxygen atoms in total. The SMILES string of the molecule is C[N+]1N=C(c2ccc(Cl)cc2)N(/C=C/C(F)(F)F)C1=O. The lowest BCUT2D eigenvalue weighted by Crippen LogP contribution is -2.33. The van der Waals surface area contributed by atoms with E-state index in [1.165, 1.54) is 7.05 Å². The zero-order chi connectivity index (χ0) is 14.9. The first-order valence-electron chi connectivity index (χ1n) is 5.45. The van der Waals surface area contributed by atoms with Gasteiger partial charge < -0.3 is 0 Å². The normalized spacial score (nSPS) is 17.1. The summed E-state index contributed by atoms with van der Waals surface area (Å²) in [5.41, 5.74) is 0.485. The molecule has 1 aromatic carbocycles. The second-order valence-electron chi connectivity index (χ2n) is 3.96. The quantitative estimate of drug-likeness (QED) is 0.773. The van der Waals surface area contributed by atoms with Crippen LogP contribution in [-0.2, 0) is 0 Å². The summed E-state index contributed by atoms with van der Waals surface area (Å²) in [5.74, 6) is 0.106. The number of carbonyl (C=O) groups is 1. The molecule has 0 saturated carbocycles. The van der Waals surface area contributed by atoms with E-state index >= 15 is 0 Å². The molecule has 1 heterocycles. The molecule has 0 spiro atoms. The Hall–Kier alpha value is -1.86. The van der Waals surface area contributed by atoms with Gasteiger partial charge in [0.25, 0.3) is 0 Å². The summed E-state index contributed by atoms with van der Waals surface area (Å²) in [6, 6.07) is 5.60. The van der Waals surface area contributed by atoms with Crippen LogP contribution in [0.1, 0.15) is 5.56 Å². The maximum Gasteiger partial charge on any atom is 0.507 e. The lowest BCUT2D eigenvalue weighted by molar-refractivity contribution is -0.0803. The van der Waals surface area contributed by atoms with Crippen LogP contribution in [0.25, 0.3) is 0 Å². The number of urea groups is 1. The highest BCUT2D eigenvalue weighted by Crippen LogP contribution is 2.20. The zero-order valence-corrected chi connectivity index (χ0v) is 11.0. The van der Waals surface area contributed by atoms with Crippen molar-refractivity contribution in [3.63, 3.8) is 0 Å². The minimum absolute atomic E-state index is 0.0184. The first kappa shape index (κ1) is 14.5. The molecule has 1 aromatic rings. The topological polar surface area (TPSA) is 38.6 Å². The molecule has 0 saturated heterocycles. The molecule has 1 radical (unpaired) electrons. The summed E-state index contributed by atoms with van der Waals surface area (Å²) in [6.07, 6.45) is -3.87. The van der Waals surface area contributed by atoms with E-state index in [4.69, 9.17) is 11.6 Å². The van der Waals surface area contributed by atoms with Gasteiger partial charge >= 0.3 is 12.2 Å². The van der Waals surface area contributed by atoms with Crippen LogP contribution in [0, 0.1) is 0 Å². The Labute approximate surface area is 117 Å². The smallest absolute Gasteiger partial charge is 0.208 e. The lowest BCUT2D eigenvalue weighted by Gasteiger charge is -2.09. The van der Waals surface area contributed by atoms with Gasteiger partial charge in [-0.2, -0.15) is 18.0 Å². The van der Waals surface area contributed by atoms with Gasteiger partial charge in [0.2, 0.25) is 5.84 Å². The highest BCUT2D eigenvalue weighted by atomic mass is 35.5. The van der Waals surface area contributed by atoms with E-state index in [-0.39, 0.29) is 11.9 Å². The minimum Gasteiger partial charge on any atom is -0.208 e. The molecule has 0 aromatic heterocycles. The van der Waals surface area contributed by atoms with E-state index in [1.54, 1.807) is 24.3 Å². The number of halogens is 4. The number of hydrogen-bond acceptors (Lipinski definition) is 2. The fourth-order valence-electron chi connectivity index (χ4n) is 1.57. The summed E-state index contributed by atoms with van der Waals surface area (Å²) in [5, 5.41) is 5.36. The molecule has 0 fully saturated rings.